The van der Waals surface area contributed by atoms with Crippen LogP contribution in [0.4, 0.5) is 30.2 Å². The van der Waals surface area contributed by atoms with E-state index >= 15 is 0 Å². The van der Waals surface area contributed by atoms with Crippen molar-refractivity contribution in [2.24, 2.45) is 0 Å². The van der Waals surface area contributed by atoms with Crippen LogP contribution in [0.1, 0.15) is 18.1 Å². The molecule has 0 unspecified atom stereocenters. The molecule has 0 aliphatic heterocycles. The summed E-state index contributed by atoms with van der Waals surface area (Å²) in [5.41, 5.74) is -5.49. The molecule has 0 N–H and O–H groups in total. The standard InChI is InChI=1S/C9H6Cl2F3N3O4/c1-2-4-5(9(12,13)14)3-6(16(18)19)8(15(10)11)7(4)17(20)21/h3H,2H2,1H3. The summed E-state index contributed by atoms with van der Waals surface area (Å²) in [5.74, 6) is 0. The monoisotopic (exact) mass is 347 g/mol. The van der Waals surface area contributed by atoms with Gasteiger partial charge in [0.15, 0.2) is 0 Å². The van der Waals surface area contributed by atoms with Gasteiger partial charge in [-0.15, -0.1) is 0 Å². The molecule has 0 bridgehead atoms. The molecule has 0 aliphatic carbocycles. The second kappa shape index (κ2) is 5.90. The quantitative estimate of drug-likeness (QED) is 0.462. The van der Waals surface area contributed by atoms with Crippen molar-refractivity contribution in [2.75, 3.05) is 3.94 Å². The maximum atomic E-state index is 12.9. The number of anilines is 1. The first-order valence-electron chi connectivity index (χ1n) is 5.19. The molecule has 0 heterocycles. The van der Waals surface area contributed by atoms with Gasteiger partial charge in [0.05, 0.1) is 15.4 Å². The van der Waals surface area contributed by atoms with Gasteiger partial charge in [0.25, 0.3) is 0 Å². The van der Waals surface area contributed by atoms with Crippen molar-refractivity contribution in [2.45, 2.75) is 19.5 Å². The first-order chi connectivity index (χ1) is 9.52. The van der Waals surface area contributed by atoms with Crippen LogP contribution in [0, 0.1) is 20.2 Å². The molecule has 12 heteroatoms. The number of nitro benzene ring substituents is 2. The van der Waals surface area contributed by atoms with Gasteiger partial charge in [-0.3, -0.25) is 20.2 Å². The molecular weight excluding hydrogens is 342 g/mol. The molecule has 0 aromatic heterocycles. The lowest BCUT2D eigenvalue weighted by molar-refractivity contribution is -0.393. The van der Waals surface area contributed by atoms with Crippen LogP contribution in [0.2, 0.25) is 0 Å². The van der Waals surface area contributed by atoms with E-state index in [1.807, 2.05) is 0 Å². The maximum Gasteiger partial charge on any atom is 0.417 e. The van der Waals surface area contributed by atoms with Crippen LogP contribution in [0.3, 0.4) is 0 Å². The van der Waals surface area contributed by atoms with E-state index in [-0.39, 0.29) is 10.0 Å². The molecule has 1 aromatic rings. The Morgan fingerprint density at radius 2 is 1.76 bits per heavy atom. The zero-order valence-electron chi connectivity index (χ0n) is 10.1. The third-order valence-corrected chi connectivity index (χ3v) is 2.90. The van der Waals surface area contributed by atoms with Crippen LogP contribution in [0.15, 0.2) is 6.07 Å². The molecule has 1 aromatic carbocycles. The molecule has 116 valence electrons. The number of nitrogens with zero attached hydrogens (tertiary/aromatic N) is 3. The summed E-state index contributed by atoms with van der Waals surface area (Å²) in [6.07, 6.45) is -5.39. The third-order valence-electron chi connectivity index (χ3n) is 2.57. The van der Waals surface area contributed by atoms with Gasteiger partial charge < -0.3 is 0 Å². The number of halogens is 5. The van der Waals surface area contributed by atoms with Crippen LogP contribution in [0.5, 0.6) is 0 Å². The number of hydrogen-bond donors (Lipinski definition) is 0. The Morgan fingerprint density at radius 3 is 2.05 bits per heavy atom. The van der Waals surface area contributed by atoms with E-state index in [0.717, 1.165) is 0 Å². The molecule has 7 nitrogen and oxygen atoms in total. The van der Waals surface area contributed by atoms with Gasteiger partial charge in [0, 0.05) is 35.2 Å². The molecule has 21 heavy (non-hydrogen) atoms. The van der Waals surface area contributed by atoms with E-state index in [1.165, 1.54) is 6.92 Å². The summed E-state index contributed by atoms with van der Waals surface area (Å²) in [6, 6.07) is 0.179. The summed E-state index contributed by atoms with van der Waals surface area (Å²) in [6.45, 7) is 1.24. The normalized spacial score (nSPS) is 11.3. The van der Waals surface area contributed by atoms with Gasteiger partial charge in [-0.2, -0.15) is 17.1 Å². The summed E-state index contributed by atoms with van der Waals surface area (Å²) in [5, 5.41) is 21.9. The third kappa shape index (κ3) is 3.27. The zero-order chi connectivity index (χ0) is 16.5. The highest BCUT2D eigenvalue weighted by molar-refractivity contribution is 6.50. The Labute approximate surface area is 125 Å². The summed E-state index contributed by atoms with van der Waals surface area (Å²) >= 11 is 10.6. The molecule has 0 amide bonds. The lowest BCUT2D eigenvalue weighted by Crippen LogP contribution is -2.14. The second-order valence-electron chi connectivity index (χ2n) is 3.72. The molecule has 0 radical (unpaired) electrons. The average Bonchev–Trinajstić information content (AvgIpc) is 2.34. The fourth-order valence-corrected chi connectivity index (χ4v) is 2.13. The molecule has 0 spiro atoms. The van der Waals surface area contributed by atoms with Crippen LogP contribution < -0.4 is 3.94 Å². The summed E-state index contributed by atoms with van der Waals surface area (Å²) in [7, 11) is 0. The first-order valence-corrected chi connectivity index (χ1v) is 5.87. The first kappa shape index (κ1) is 17.2. The van der Waals surface area contributed by atoms with E-state index in [0.29, 0.717) is 0 Å². The van der Waals surface area contributed by atoms with Crippen molar-refractivity contribution >= 4 is 40.6 Å². The minimum Gasteiger partial charge on any atom is -0.258 e. The van der Waals surface area contributed by atoms with E-state index in [4.69, 9.17) is 23.6 Å². The van der Waals surface area contributed by atoms with Crippen molar-refractivity contribution in [3.8, 4) is 0 Å². The predicted octanol–water partition coefficient (Wildman–Crippen LogP) is 4.20. The SMILES string of the molecule is CCc1c(C(F)(F)F)cc([N+](=O)[O-])c(N(Cl)Cl)c1[N+](=O)[O-]. The van der Waals surface area contributed by atoms with Gasteiger partial charge >= 0.3 is 17.6 Å². The highest BCUT2D eigenvalue weighted by atomic mass is 35.5. The minimum atomic E-state index is -5.00. The molecule has 1 rings (SSSR count). The van der Waals surface area contributed by atoms with Gasteiger partial charge in [-0.05, 0) is 6.42 Å². The minimum absolute atomic E-state index is 0.00950. The topological polar surface area (TPSA) is 89.5 Å². The predicted molar refractivity (Wildman–Crippen MR) is 68.3 cm³/mol. The number of nitro groups is 2. The lowest BCUT2D eigenvalue weighted by Gasteiger charge is -2.15. The van der Waals surface area contributed by atoms with Gasteiger partial charge in [0.1, 0.15) is 0 Å². The maximum absolute atomic E-state index is 12.9. The van der Waals surface area contributed by atoms with E-state index in [1.54, 1.807) is 0 Å². The summed E-state index contributed by atoms with van der Waals surface area (Å²) in [4.78, 5) is 19.5. The van der Waals surface area contributed by atoms with Gasteiger partial charge in [-0.25, -0.2) is 0 Å². The van der Waals surface area contributed by atoms with Crippen LogP contribution in [-0.2, 0) is 12.6 Å². The largest absolute Gasteiger partial charge is 0.417 e. The zero-order valence-corrected chi connectivity index (χ0v) is 11.7. The Balaban J connectivity index is 3.99. The van der Waals surface area contributed by atoms with Crippen molar-refractivity contribution in [1.82, 2.24) is 0 Å². The average molecular weight is 348 g/mol. The van der Waals surface area contributed by atoms with Crippen molar-refractivity contribution in [1.29, 1.82) is 0 Å². The number of rotatable bonds is 4. The summed E-state index contributed by atoms with van der Waals surface area (Å²) < 4.78 is 38.8. The van der Waals surface area contributed by atoms with Gasteiger partial charge in [-0.1, -0.05) is 6.92 Å². The number of benzene rings is 1. The number of hydrogen-bond acceptors (Lipinski definition) is 5. The van der Waals surface area contributed by atoms with Crippen molar-refractivity contribution in [3.63, 3.8) is 0 Å². The molecular formula is C9H6Cl2F3N3O4. The van der Waals surface area contributed by atoms with Crippen molar-refractivity contribution in [3.05, 3.63) is 37.4 Å². The molecule has 0 fully saturated rings. The molecule has 0 aliphatic rings. The Bertz CT molecular complexity index is 607. The second-order valence-corrected chi connectivity index (χ2v) is 4.57. The fraction of sp³-hybridized carbons (Fsp3) is 0.333. The van der Waals surface area contributed by atoms with Crippen LogP contribution in [0.25, 0.3) is 0 Å². The van der Waals surface area contributed by atoms with Crippen LogP contribution in [-0.4, -0.2) is 9.85 Å². The van der Waals surface area contributed by atoms with E-state index < -0.39 is 50.6 Å². The highest BCUT2D eigenvalue weighted by Gasteiger charge is 2.42. The molecule has 0 saturated carbocycles. The molecule has 0 atom stereocenters. The Morgan fingerprint density at radius 1 is 1.24 bits per heavy atom. The fourth-order valence-electron chi connectivity index (χ4n) is 1.80. The lowest BCUT2D eigenvalue weighted by atomic mass is 9.99. The Hall–Kier alpha value is -1.81. The van der Waals surface area contributed by atoms with Crippen LogP contribution >= 0.6 is 23.6 Å². The van der Waals surface area contributed by atoms with E-state index in [9.17, 15) is 33.4 Å². The molecule has 0 saturated heterocycles. The smallest absolute Gasteiger partial charge is 0.258 e. The van der Waals surface area contributed by atoms with E-state index in [2.05, 4.69) is 0 Å². The number of alkyl halides is 3. The van der Waals surface area contributed by atoms with Gasteiger partial charge in [0.2, 0.25) is 5.69 Å². The highest BCUT2D eigenvalue weighted by Crippen LogP contribution is 2.47. The van der Waals surface area contributed by atoms with Crippen molar-refractivity contribution < 1.29 is 23.0 Å². The Kier molecular flexibility index (Phi) is 4.84.